The zero-order valence-electron chi connectivity index (χ0n) is 13.7. The summed E-state index contributed by atoms with van der Waals surface area (Å²) in [5.41, 5.74) is -0.448. The van der Waals surface area contributed by atoms with E-state index >= 15 is 0 Å². The maximum atomic E-state index is 14.0. The molecule has 1 unspecified atom stereocenters. The van der Waals surface area contributed by atoms with Crippen LogP contribution in [0.3, 0.4) is 0 Å². The van der Waals surface area contributed by atoms with Crippen LogP contribution in [0.15, 0.2) is 23.1 Å². The number of hydrogen-bond donors (Lipinski definition) is 2. The van der Waals surface area contributed by atoms with Crippen LogP contribution < -0.4 is 4.39 Å². The van der Waals surface area contributed by atoms with E-state index in [1.807, 2.05) is 33.9 Å². The highest BCUT2D eigenvalue weighted by molar-refractivity contribution is 7.92. The van der Waals surface area contributed by atoms with Gasteiger partial charge < -0.3 is 4.74 Å². The van der Waals surface area contributed by atoms with E-state index < -0.39 is 35.5 Å². The molecule has 0 amide bonds. The topological polar surface area (TPSA) is 79.2 Å². The Morgan fingerprint density at radius 2 is 1.91 bits per heavy atom. The largest absolute Gasteiger partial charge is 0.465 e. The fourth-order valence-electron chi connectivity index (χ4n) is 1.61. The van der Waals surface area contributed by atoms with Gasteiger partial charge >= 0.3 is 5.97 Å². The van der Waals surface area contributed by atoms with Gasteiger partial charge in [-0.25, -0.2) is 22.6 Å². The Hall–Kier alpha value is -1.25. The second-order valence-electron chi connectivity index (χ2n) is 6.64. The number of benzene rings is 1. The summed E-state index contributed by atoms with van der Waals surface area (Å²) in [5.74, 6) is -1.79. The lowest BCUT2D eigenvalue weighted by atomic mass is 10.2. The molecule has 0 spiro atoms. The molecule has 0 aliphatic heterocycles. The summed E-state index contributed by atoms with van der Waals surface area (Å²) in [5, 5.41) is -0.171. The van der Waals surface area contributed by atoms with E-state index in [2.05, 4.69) is 9.12 Å². The van der Waals surface area contributed by atoms with E-state index in [4.69, 9.17) is 4.78 Å². The molecule has 0 heterocycles. The van der Waals surface area contributed by atoms with E-state index in [1.165, 1.54) is 12.1 Å². The number of methoxy groups -OCH3 is 1. The van der Waals surface area contributed by atoms with Crippen molar-refractivity contribution in [2.45, 2.75) is 43.8 Å². The molecule has 0 aliphatic rings. The lowest BCUT2D eigenvalue weighted by Gasteiger charge is -2.37. The summed E-state index contributed by atoms with van der Waals surface area (Å²) < 4.78 is 42.4. The summed E-state index contributed by atoms with van der Waals surface area (Å²) >= 11 is 0. The second kappa shape index (κ2) is 6.09. The van der Waals surface area contributed by atoms with Gasteiger partial charge in [-0.1, -0.05) is 39.9 Å². The minimum Gasteiger partial charge on any atom is -0.465 e. The zero-order chi connectivity index (χ0) is 17.3. The number of esters is 1. The average Bonchev–Trinajstić information content (AvgIpc) is 2.35. The number of halogens is 1. The second-order valence-corrected chi connectivity index (χ2v) is 13.8. The molecule has 0 aliphatic carbocycles. The van der Waals surface area contributed by atoms with E-state index in [0.29, 0.717) is 0 Å². The van der Waals surface area contributed by atoms with Crippen molar-refractivity contribution in [3.8, 4) is 0 Å². The van der Waals surface area contributed by atoms with Crippen LogP contribution in [0, 0.1) is 10.6 Å². The van der Waals surface area contributed by atoms with Crippen molar-refractivity contribution >= 4 is 24.1 Å². The third kappa shape index (κ3) is 3.74. The van der Waals surface area contributed by atoms with Crippen molar-refractivity contribution < 1.29 is 18.1 Å². The van der Waals surface area contributed by atoms with Gasteiger partial charge in [0.05, 0.1) is 12.0 Å². The van der Waals surface area contributed by atoms with Crippen molar-refractivity contribution in [1.29, 1.82) is 4.78 Å². The molecule has 2 N–H and O–H groups in total. The van der Waals surface area contributed by atoms with Crippen LogP contribution >= 0.6 is 0 Å². The fraction of sp³-hybridized carbons (Fsp3) is 0.500. The Morgan fingerprint density at radius 3 is 2.36 bits per heavy atom. The molecule has 0 saturated heterocycles. The molecule has 0 aromatic heterocycles. The molecule has 0 bridgehead atoms. The third-order valence-corrected chi connectivity index (χ3v) is 11.8. The molecule has 124 valence electrons. The number of carbonyl (C=O) groups excluding carboxylic acids is 1. The molecular formula is C14H23FN2O3SSi. The summed E-state index contributed by atoms with van der Waals surface area (Å²) in [7, 11) is -4.72. The maximum Gasteiger partial charge on any atom is 0.342 e. The van der Waals surface area contributed by atoms with Crippen LogP contribution in [0.2, 0.25) is 18.1 Å². The van der Waals surface area contributed by atoms with Crippen LogP contribution in [0.25, 0.3) is 0 Å². The van der Waals surface area contributed by atoms with Crippen molar-refractivity contribution in [3.63, 3.8) is 0 Å². The van der Waals surface area contributed by atoms with Crippen LogP contribution in [0.1, 0.15) is 31.1 Å². The van der Waals surface area contributed by atoms with Crippen molar-refractivity contribution in [2.24, 2.45) is 0 Å². The molecule has 1 rings (SSSR count). The van der Waals surface area contributed by atoms with Gasteiger partial charge in [-0.15, -0.1) is 0 Å². The summed E-state index contributed by atoms with van der Waals surface area (Å²) in [6.45, 7) is 9.87. The van der Waals surface area contributed by atoms with Crippen molar-refractivity contribution in [1.82, 2.24) is 4.39 Å². The molecule has 1 aromatic rings. The normalized spacial score (nSPS) is 15.2. The van der Waals surface area contributed by atoms with Crippen LogP contribution in [0.5, 0.6) is 0 Å². The van der Waals surface area contributed by atoms with Crippen LogP contribution in [-0.2, 0) is 14.7 Å². The van der Waals surface area contributed by atoms with Gasteiger partial charge in [0, 0.05) is 0 Å². The maximum absolute atomic E-state index is 14.0. The van der Waals surface area contributed by atoms with E-state index in [1.54, 1.807) is 0 Å². The van der Waals surface area contributed by atoms with Gasteiger partial charge in [0.25, 0.3) is 0 Å². The van der Waals surface area contributed by atoms with Crippen LogP contribution in [-0.4, -0.2) is 25.5 Å². The Balaban J connectivity index is 3.43. The molecular weight excluding hydrogens is 323 g/mol. The van der Waals surface area contributed by atoms with E-state index in [9.17, 15) is 13.4 Å². The molecule has 0 fully saturated rings. The number of nitrogens with one attached hydrogen (secondary N) is 2. The quantitative estimate of drug-likeness (QED) is 0.646. The van der Waals surface area contributed by atoms with E-state index in [-0.39, 0.29) is 9.93 Å². The lowest BCUT2D eigenvalue weighted by Crippen LogP contribution is -2.54. The van der Waals surface area contributed by atoms with Crippen molar-refractivity contribution in [3.05, 3.63) is 29.6 Å². The van der Waals surface area contributed by atoms with Gasteiger partial charge in [-0.05, 0) is 17.2 Å². The van der Waals surface area contributed by atoms with Crippen LogP contribution in [0.4, 0.5) is 4.39 Å². The Kier molecular flexibility index (Phi) is 5.21. The Morgan fingerprint density at radius 1 is 1.36 bits per heavy atom. The summed E-state index contributed by atoms with van der Waals surface area (Å²) in [6.07, 6.45) is 0. The number of hydrogen-bond acceptors (Lipinski definition) is 4. The smallest absolute Gasteiger partial charge is 0.342 e. The van der Waals surface area contributed by atoms with E-state index in [0.717, 1.165) is 13.2 Å². The average molecular weight is 347 g/mol. The first-order valence-corrected chi connectivity index (χ1v) is 11.3. The minimum atomic E-state index is -3.54. The molecule has 0 radical (unpaired) electrons. The molecule has 8 heteroatoms. The van der Waals surface area contributed by atoms with Gasteiger partial charge in [0.1, 0.15) is 29.5 Å². The van der Waals surface area contributed by atoms with Gasteiger partial charge in [-0.3, -0.25) is 0 Å². The summed E-state index contributed by atoms with van der Waals surface area (Å²) in [4.78, 5) is 11.6. The molecule has 1 atom stereocenters. The van der Waals surface area contributed by atoms with Gasteiger partial charge in [-0.2, -0.15) is 0 Å². The monoisotopic (exact) mass is 346 g/mol. The minimum absolute atomic E-state index is 0.171. The lowest BCUT2D eigenvalue weighted by molar-refractivity contribution is 0.0591. The number of rotatable bonds is 4. The highest BCUT2D eigenvalue weighted by Crippen LogP contribution is 2.35. The Bertz CT molecular complexity index is 682. The highest BCUT2D eigenvalue weighted by atomic mass is 32.2. The molecule has 22 heavy (non-hydrogen) atoms. The Labute approximate surface area is 132 Å². The number of carbonyl (C=O) groups is 1. The van der Waals surface area contributed by atoms with Crippen molar-refractivity contribution in [2.75, 3.05) is 7.11 Å². The first-order valence-electron chi connectivity index (χ1n) is 6.78. The molecule has 5 nitrogen and oxygen atoms in total. The standard InChI is InChI=1S/C14H23FN2O3SSi/c1-14(2,3)22(5,6)17-21(16,19)11-9-7-8-10(15)12(11)13(18)20-4/h7-9H,1-6H3,(H2,16,17,19). The molecule has 0 saturated carbocycles. The van der Waals surface area contributed by atoms with Gasteiger partial charge in [0.2, 0.25) is 0 Å². The van der Waals surface area contributed by atoms with Gasteiger partial charge in [0.15, 0.2) is 0 Å². The first-order chi connectivity index (χ1) is 9.83. The SMILES string of the molecule is COC(=O)c1c(F)cccc1S(=N)(=O)N[Si](C)(C)C(C)(C)C. The molecule has 1 aromatic carbocycles. The summed E-state index contributed by atoms with van der Waals surface area (Å²) in [6, 6.07) is 3.74. The predicted octanol–water partition coefficient (Wildman–Crippen LogP) is 3.53. The fourth-order valence-corrected chi connectivity index (χ4v) is 6.89. The third-order valence-electron chi connectivity index (χ3n) is 3.95. The first kappa shape index (κ1) is 18.8. The predicted molar refractivity (Wildman–Crippen MR) is 87.2 cm³/mol. The number of ether oxygens (including phenoxy) is 1. The zero-order valence-corrected chi connectivity index (χ0v) is 15.6. The highest BCUT2D eigenvalue weighted by Gasteiger charge is 2.39.